The van der Waals surface area contributed by atoms with E-state index in [1.807, 2.05) is 31.9 Å². The zero-order valence-corrected chi connectivity index (χ0v) is 21.0. The van der Waals surface area contributed by atoms with Gasteiger partial charge in [-0.3, -0.25) is 14.5 Å². The van der Waals surface area contributed by atoms with E-state index in [-0.39, 0.29) is 17.8 Å². The highest BCUT2D eigenvalue weighted by Gasteiger charge is 2.36. The third-order valence-electron chi connectivity index (χ3n) is 7.14. The van der Waals surface area contributed by atoms with Crippen molar-refractivity contribution in [2.45, 2.75) is 44.9 Å². The van der Waals surface area contributed by atoms with Crippen LogP contribution < -0.4 is 21.1 Å². The Morgan fingerprint density at radius 2 is 1.81 bits per heavy atom. The van der Waals surface area contributed by atoms with Crippen LogP contribution in [0.1, 0.15) is 48.2 Å². The van der Waals surface area contributed by atoms with Gasteiger partial charge in [0.1, 0.15) is 5.82 Å². The van der Waals surface area contributed by atoms with Crippen molar-refractivity contribution in [3.05, 3.63) is 63.3 Å². The molecule has 3 N–H and O–H groups in total. The molecule has 2 aliphatic rings. The molecule has 0 spiro atoms. The lowest BCUT2D eigenvalue weighted by atomic mass is 9.98. The number of alkyl halides is 3. The first-order chi connectivity index (χ1) is 17.5. The number of nitrogens with one attached hydrogen (secondary N) is 3. The van der Waals surface area contributed by atoms with Crippen LogP contribution in [-0.2, 0) is 6.18 Å². The SMILES string of the molecule is C[C@@H]1CN(c2cc(F)c(C3=CCCNCC3)cc2NC(=O)c2c[nH]c(=O)cc2C(F)(F)F)C[C@H](C)N1C. The van der Waals surface area contributed by atoms with Gasteiger partial charge in [-0.1, -0.05) is 6.08 Å². The highest BCUT2D eigenvalue weighted by atomic mass is 19.4. The molecule has 1 aromatic carbocycles. The van der Waals surface area contributed by atoms with Crippen molar-refractivity contribution < 1.29 is 22.4 Å². The predicted octanol–water partition coefficient (Wildman–Crippen LogP) is 4.08. The Morgan fingerprint density at radius 3 is 2.49 bits per heavy atom. The zero-order chi connectivity index (χ0) is 26.9. The Bertz CT molecular complexity index is 1240. The van der Waals surface area contributed by atoms with Crippen molar-refractivity contribution in [3.63, 3.8) is 0 Å². The van der Waals surface area contributed by atoms with Crippen molar-refractivity contribution in [1.82, 2.24) is 15.2 Å². The number of aromatic nitrogens is 1. The number of hydrogen-bond donors (Lipinski definition) is 3. The summed E-state index contributed by atoms with van der Waals surface area (Å²) in [6, 6.07) is 3.47. The molecule has 11 heteroatoms. The van der Waals surface area contributed by atoms with E-state index in [4.69, 9.17) is 0 Å². The highest BCUT2D eigenvalue weighted by molar-refractivity contribution is 6.07. The monoisotopic (exact) mass is 521 g/mol. The molecule has 2 aliphatic heterocycles. The lowest BCUT2D eigenvalue weighted by Gasteiger charge is -2.44. The summed E-state index contributed by atoms with van der Waals surface area (Å²) in [6.45, 7) is 6.57. The van der Waals surface area contributed by atoms with Crippen LogP contribution >= 0.6 is 0 Å². The van der Waals surface area contributed by atoms with Crippen molar-refractivity contribution >= 4 is 22.9 Å². The fraction of sp³-hybridized carbons (Fsp3) is 0.462. The number of carbonyl (C=O) groups excluding carboxylic acids is 1. The quantitative estimate of drug-likeness (QED) is 0.529. The summed E-state index contributed by atoms with van der Waals surface area (Å²) in [5, 5.41) is 5.84. The number of nitrogens with zero attached hydrogens (tertiary/aromatic N) is 2. The molecule has 0 aliphatic carbocycles. The Kier molecular flexibility index (Phi) is 7.75. The van der Waals surface area contributed by atoms with Crippen LogP contribution in [0.15, 0.2) is 35.3 Å². The van der Waals surface area contributed by atoms with Gasteiger partial charge >= 0.3 is 6.18 Å². The van der Waals surface area contributed by atoms with Crippen molar-refractivity contribution in [2.24, 2.45) is 0 Å². The number of amides is 1. The summed E-state index contributed by atoms with van der Waals surface area (Å²) < 4.78 is 56.3. The molecule has 37 heavy (non-hydrogen) atoms. The predicted molar refractivity (Wildman–Crippen MR) is 135 cm³/mol. The van der Waals surface area contributed by atoms with Crippen LogP contribution in [0.2, 0.25) is 0 Å². The lowest BCUT2D eigenvalue weighted by molar-refractivity contribution is -0.138. The number of aromatic amines is 1. The van der Waals surface area contributed by atoms with E-state index in [9.17, 15) is 22.8 Å². The first kappa shape index (κ1) is 26.9. The number of benzene rings is 1. The molecule has 7 nitrogen and oxygen atoms in total. The van der Waals surface area contributed by atoms with E-state index in [1.165, 1.54) is 12.1 Å². The maximum Gasteiger partial charge on any atom is 0.417 e. The number of carbonyl (C=O) groups is 1. The normalized spacial score (nSPS) is 21.4. The Hall–Kier alpha value is -3.18. The Labute approximate surface area is 212 Å². The average Bonchev–Trinajstić information content (AvgIpc) is 3.12. The highest BCUT2D eigenvalue weighted by Crippen LogP contribution is 2.37. The van der Waals surface area contributed by atoms with Gasteiger partial charge in [0, 0.05) is 43.0 Å². The molecule has 200 valence electrons. The first-order valence-corrected chi connectivity index (χ1v) is 12.3. The molecule has 1 saturated heterocycles. The van der Waals surface area contributed by atoms with Crippen LogP contribution in [0, 0.1) is 5.82 Å². The number of rotatable bonds is 4. The fourth-order valence-electron chi connectivity index (χ4n) is 4.90. The van der Waals surface area contributed by atoms with Gasteiger partial charge in [-0.15, -0.1) is 0 Å². The minimum absolute atomic E-state index is 0.127. The molecule has 2 aromatic rings. The number of piperazine rings is 1. The van der Waals surface area contributed by atoms with Crippen LogP contribution in [0.5, 0.6) is 0 Å². The van der Waals surface area contributed by atoms with Crippen molar-refractivity contribution in [3.8, 4) is 0 Å². The van der Waals surface area contributed by atoms with E-state index in [0.29, 0.717) is 49.8 Å². The van der Waals surface area contributed by atoms with Gasteiger partial charge in [-0.05, 0) is 64.5 Å². The zero-order valence-electron chi connectivity index (χ0n) is 21.0. The molecular weight excluding hydrogens is 490 g/mol. The molecule has 0 saturated carbocycles. The van der Waals surface area contributed by atoms with Crippen molar-refractivity contribution in [2.75, 3.05) is 43.4 Å². The van der Waals surface area contributed by atoms with Gasteiger partial charge in [0.15, 0.2) is 0 Å². The molecule has 1 fully saturated rings. The van der Waals surface area contributed by atoms with Crippen LogP contribution in [0.3, 0.4) is 0 Å². The minimum Gasteiger partial charge on any atom is -0.367 e. The van der Waals surface area contributed by atoms with Gasteiger partial charge in [0.05, 0.1) is 22.5 Å². The second-order valence-corrected chi connectivity index (χ2v) is 9.71. The third kappa shape index (κ3) is 5.88. The second-order valence-electron chi connectivity index (χ2n) is 9.71. The average molecular weight is 522 g/mol. The lowest BCUT2D eigenvalue weighted by Crippen LogP contribution is -2.55. The van der Waals surface area contributed by atoms with Crippen LogP contribution in [0.4, 0.5) is 28.9 Å². The summed E-state index contributed by atoms with van der Waals surface area (Å²) in [4.78, 5) is 31.0. The molecular formula is C26H31F4N5O2. The molecule has 0 radical (unpaired) electrons. The summed E-state index contributed by atoms with van der Waals surface area (Å²) in [5.41, 5.74) is -1.35. The molecule has 0 unspecified atom stereocenters. The second kappa shape index (κ2) is 10.7. The van der Waals surface area contributed by atoms with E-state index in [1.54, 1.807) is 0 Å². The summed E-state index contributed by atoms with van der Waals surface area (Å²) in [5.74, 6) is -1.51. The first-order valence-electron chi connectivity index (χ1n) is 12.3. The molecule has 1 aromatic heterocycles. The molecule has 0 bridgehead atoms. The van der Waals surface area contributed by atoms with E-state index in [2.05, 4.69) is 20.5 Å². The van der Waals surface area contributed by atoms with Gasteiger partial charge in [-0.25, -0.2) is 4.39 Å². The standard InChI is InChI=1S/C26H31F4N5O2/c1-15-13-35(14-16(2)34(15)3)23-11-21(27)18(17-5-4-7-31-8-6-17)9-22(23)33-25(37)19-12-32-24(36)10-20(19)26(28,29)30/h5,9-12,15-16,31H,4,6-8,13-14H2,1-3H3,(H,32,36)(H,33,37)/t15-,16+. The Morgan fingerprint density at radius 1 is 1.11 bits per heavy atom. The Balaban J connectivity index is 1.79. The maximum absolute atomic E-state index is 15.5. The number of likely N-dealkylation sites (N-methyl/N-ethyl adjacent to an activating group) is 1. The van der Waals surface area contributed by atoms with Crippen molar-refractivity contribution in [1.29, 1.82) is 0 Å². The smallest absolute Gasteiger partial charge is 0.367 e. The maximum atomic E-state index is 15.5. The van der Waals surface area contributed by atoms with Gasteiger partial charge in [0.25, 0.3) is 5.91 Å². The number of anilines is 2. The molecule has 1 amide bonds. The number of halogens is 4. The fourth-order valence-corrected chi connectivity index (χ4v) is 4.90. The van der Waals surface area contributed by atoms with Gasteiger partial charge in [0.2, 0.25) is 5.56 Å². The number of pyridine rings is 1. The van der Waals surface area contributed by atoms with Gasteiger partial charge < -0.3 is 20.5 Å². The summed E-state index contributed by atoms with van der Waals surface area (Å²) >= 11 is 0. The van der Waals surface area contributed by atoms with Gasteiger partial charge in [-0.2, -0.15) is 13.2 Å². The number of H-pyrrole nitrogens is 1. The largest absolute Gasteiger partial charge is 0.417 e. The third-order valence-corrected chi connectivity index (χ3v) is 7.14. The van der Waals surface area contributed by atoms with E-state index < -0.39 is 34.6 Å². The topological polar surface area (TPSA) is 80.5 Å². The van der Waals surface area contributed by atoms with Crippen LogP contribution in [0.25, 0.3) is 5.57 Å². The molecule has 4 rings (SSSR count). The summed E-state index contributed by atoms with van der Waals surface area (Å²) in [6.07, 6.45) is -0.932. The van der Waals surface area contributed by atoms with Crippen LogP contribution in [-0.4, -0.2) is 61.1 Å². The minimum atomic E-state index is -4.90. The summed E-state index contributed by atoms with van der Waals surface area (Å²) in [7, 11) is 2.00. The molecule has 2 atom stereocenters. The number of hydrogen-bond acceptors (Lipinski definition) is 5. The van der Waals surface area contributed by atoms with E-state index >= 15 is 4.39 Å². The van der Waals surface area contributed by atoms with E-state index in [0.717, 1.165) is 18.3 Å². The molecule has 3 heterocycles.